The highest BCUT2D eigenvalue weighted by Crippen LogP contribution is 2.39. The average Bonchev–Trinajstić information content (AvgIpc) is 3.16. The van der Waals surface area contributed by atoms with Crippen LogP contribution in [0.25, 0.3) is 0 Å². The summed E-state index contributed by atoms with van der Waals surface area (Å²) in [5, 5.41) is 2.79. The second kappa shape index (κ2) is 10.4. The molecule has 0 aliphatic heterocycles. The molecule has 0 aromatic heterocycles. The molecular weight excluding hydrogens is 398 g/mol. The standard InChI is InChI=1S/C24H27NO4S/c1-16(24(28)29-14-18-8-4-3-5-9-18)25-23(27)22(15-30-17(2)26)21-13-12-19-10-6-7-11-20(19)21/h3-11,16,21-22H,12-15H2,1-2H3,(H,25,27)/t16-,21?,22?/m0/s1. The Kier molecular flexibility index (Phi) is 7.69. The van der Waals surface area contributed by atoms with Crippen molar-refractivity contribution in [2.45, 2.75) is 45.3 Å². The van der Waals surface area contributed by atoms with E-state index in [9.17, 15) is 14.4 Å². The van der Waals surface area contributed by atoms with Gasteiger partial charge in [0.1, 0.15) is 12.6 Å². The van der Waals surface area contributed by atoms with Crippen molar-refractivity contribution < 1.29 is 19.1 Å². The van der Waals surface area contributed by atoms with Crippen LogP contribution in [0, 0.1) is 5.92 Å². The average molecular weight is 426 g/mol. The fourth-order valence-corrected chi connectivity index (χ4v) is 4.62. The summed E-state index contributed by atoms with van der Waals surface area (Å²) in [6.45, 7) is 3.30. The summed E-state index contributed by atoms with van der Waals surface area (Å²) in [4.78, 5) is 37.0. The first-order chi connectivity index (χ1) is 14.5. The molecule has 1 aliphatic carbocycles. The van der Waals surface area contributed by atoms with E-state index >= 15 is 0 Å². The predicted octanol–water partition coefficient (Wildman–Crippen LogP) is 3.86. The molecule has 6 heteroatoms. The zero-order valence-corrected chi connectivity index (χ0v) is 18.1. The van der Waals surface area contributed by atoms with E-state index in [0.717, 1.165) is 30.2 Å². The normalized spacial score (nSPS) is 16.9. The molecule has 0 heterocycles. The van der Waals surface area contributed by atoms with E-state index in [4.69, 9.17) is 4.74 Å². The van der Waals surface area contributed by atoms with Crippen LogP contribution < -0.4 is 5.32 Å². The van der Waals surface area contributed by atoms with Gasteiger partial charge in [0.2, 0.25) is 5.91 Å². The highest BCUT2D eigenvalue weighted by atomic mass is 32.2. The Morgan fingerprint density at radius 3 is 2.53 bits per heavy atom. The van der Waals surface area contributed by atoms with Crippen molar-refractivity contribution in [1.29, 1.82) is 0 Å². The zero-order valence-electron chi connectivity index (χ0n) is 17.3. The lowest BCUT2D eigenvalue weighted by Crippen LogP contribution is -2.44. The number of rotatable bonds is 8. The number of carbonyl (C=O) groups is 3. The maximum atomic E-state index is 13.1. The van der Waals surface area contributed by atoms with E-state index in [2.05, 4.69) is 17.4 Å². The highest BCUT2D eigenvalue weighted by molar-refractivity contribution is 8.13. The Labute approximate surface area is 181 Å². The molecule has 1 aliphatic rings. The molecule has 158 valence electrons. The molecule has 0 radical (unpaired) electrons. The lowest BCUT2D eigenvalue weighted by Gasteiger charge is -2.25. The van der Waals surface area contributed by atoms with Gasteiger partial charge in [-0.25, -0.2) is 4.79 Å². The second-order valence-corrected chi connectivity index (χ2v) is 8.77. The summed E-state index contributed by atoms with van der Waals surface area (Å²) in [6, 6.07) is 16.8. The van der Waals surface area contributed by atoms with E-state index < -0.39 is 12.0 Å². The maximum Gasteiger partial charge on any atom is 0.328 e. The highest BCUT2D eigenvalue weighted by Gasteiger charge is 2.35. The summed E-state index contributed by atoms with van der Waals surface area (Å²) >= 11 is 1.16. The Balaban J connectivity index is 1.64. The first-order valence-electron chi connectivity index (χ1n) is 10.2. The lowest BCUT2D eigenvalue weighted by atomic mass is 9.87. The minimum atomic E-state index is -0.761. The van der Waals surface area contributed by atoms with Gasteiger partial charge in [-0.1, -0.05) is 66.4 Å². The number of fused-ring (bicyclic) bond motifs is 1. The van der Waals surface area contributed by atoms with Crippen LogP contribution in [0.3, 0.4) is 0 Å². The number of carbonyl (C=O) groups excluding carboxylic acids is 3. The quantitative estimate of drug-likeness (QED) is 0.650. The Hall–Kier alpha value is -2.60. The van der Waals surface area contributed by atoms with Gasteiger partial charge in [0.25, 0.3) is 0 Å². The monoisotopic (exact) mass is 425 g/mol. The van der Waals surface area contributed by atoms with Gasteiger partial charge in [0.05, 0.1) is 5.92 Å². The van der Waals surface area contributed by atoms with Crippen molar-refractivity contribution in [3.63, 3.8) is 0 Å². The molecule has 2 unspecified atom stereocenters. The van der Waals surface area contributed by atoms with Gasteiger partial charge in [-0.3, -0.25) is 9.59 Å². The molecule has 0 saturated heterocycles. The topological polar surface area (TPSA) is 72.5 Å². The van der Waals surface area contributed by atoms with E-state index in [1.807, 2.05) is 42.5 Å². The van der Waals surface area contributed by atoms with Gasteiger partial charge in [-0.15, -0.1) is 0 Å². The number of hydrogen-bond donors (Lipinski definition) is 1. The third-order valence-electron chi connectivity index (χ3n) is 5.40. The summed E-state index contributed by atoms with van der Waals surface area (Å²) in [5.41, 5.74) is 3.31. The number of esters is 1. The molecule has 3 rings (SSSR count). The van der Waals surface area contributed by atoms with Gasteiger partial charge >= 0.3 is 5.97 Å². The molecule has 2 aromatic carbocycles. The van der Waals surface area contributed by atoms with Crippen LogP contribution in [-0.4, -0.2) is 28.8 Å². The summed E-state index contributed by atoms with van der Waals surface area (Å²) in [7, 11) is 0. The van der Waals surface area contributed by atoms with Crippen LogP contribution in [-0.2, 0) is 32.1 Å². The van der Waals surface area contributed by atoms with Gasteiger partial charge in [0.15, 0.2) is 5.12 Å². The van der Waals surface area contributed by atoms with Crippen LogP contribution in [0.2, 0.25) is 0 Å². The van der Waals surface area contributed by atoms with Crippen molar-refractivity contribution in [3.05, 3.63) is 71.3 Å². The minimum Gasteiger partial charge on any atom is -0.459 e. The number of ether oxygens (including phenoxy) is 1. The Morgan fingerprint density at radius 1 is 1.10 bits per heavy atom. The molecule has 30 heavy (non-hydrogen) atoms. The van der Waals surface area contributed by atoms with E-state index in [-0.39, 0.29) is 29.5 Å². The number of nitrogens with one attached hydrogen (secondary N) is 1. The van der Waals surface area contributed by atoms with E-state index in [1.165, 1.54) is 18.1 Å². The molecule has 1 amide bonds. The van der Waals surface area contributed by atoms with Crippen molar-refractivity contribution in [3.8, 4) is 0 Å². The number of hydrogen-bond acceptors (Lipinski definition) is 5. The number of benzene rings is 2. The van der Waals surface area contributed by atoms with Crippen LogP contribution >= 0.6 is 11.8 Å². The molecular formula is C24H27NO4S. The Morgan fingerprint density at radius 2 is 1.80 bits per heavy atom. The Bertz CT molecular complexity index is 899. The minimum absolute atomic E-state index is 0.0191. The maximum absolute atomic E-state index is 13.1. The molecule has 0 bridgehead atoms. The fraction of sp³-hybridized carbons (Fsp3) is 0.375. The third kappa shape index (κ3) is 5.72. The smallest absolute Gasteiger partial charge is 0.328 e. The van der Waals surface area contributed by atoms with Gasteiger partial charge in [0, 0.05) is 12.7 Å². The largest absolute Gasteiger partial charge is 0.459 e. The molecule has 5 nitrogen and oxygen atoms in total. The number of amides is 1. The second-order valence-electron chi connectivity index (χ2n) is 7.58. The fourth-order valence-electron chi connectivity index (χ4n) is 3.82. The van der Waals surface area contributed by atoms with Crippen molar-refractivity contribution >= 4 is 28.8 Å². The molecule has 3 atom stereocenters. The third-order valence-corrected chi connectivity index (χ3v) is 6.34. The van der Waals surface area contributed by atoms with Crippen molar-refractivity contribution in [2.75, 3.05) is 5.75 Å². The molecule has 0 spiro atoms. The number of aryl methyl sites for hydroxylation is 1. The molecule has 0 saturated carbocycles. The lowest BCUT2D eigenvalue weighted by molar-refractivity contribution is -0.149. The molecule has 1 N–H and O–H groups in total. The van der Waals surface area contributed by atoms with Gasteiger partial charge in [-0.2, -0.15) is 0 Å². The first kappa shape index (κ1) is 22.1. The van der Waals surface area contributed by atoms with Crippen LogP contribution in [0.1, 0.15) is 42.9 Å². The van der Waals surface area contributed by atoms with Crippen LogP contribution in [0.4, 0.5) is 0 Å². The van der Waals surface area contributed by atoms with Crippen molar-refractivity contribution in [1.82, 2.24) is 5.32 Å². The summed E-state index contributed by atoms with van der Waals surface area (Å²) < 4.78 is 5.34. The SMILES string of the molecule is CC(=O)SCC(C(=O)N[C@@H](C)C(=O)OCc1ccccc1)C1CCc2ccccc21. The van der Waals surface area contributed by atoms with Gasteiger partial charge in [-0.05, 0) is 42.4 Å². The van der Waals surface area contributed by atoms with Crippen LogP contribution in [0.5, 0.6) is 0 Å². The van der Waals surface area contributed by atoms with Gasteiger partial charge < -0.3 is 10.1 Å². The zero-order chi connectivity index (χ0) is 21.5. The van der Waals surface area contributed by atoms with E-state index in [1.54, 1.807) is 6.92 Å². The summed E-state index contributed by atoms with van der Waals surface area (Å²) in [5.74, 6) is -0.634. The number of thioether (sulfide) groups is 1. The first-order valence-corrected chi connectivity index (χ1v) is 11.2. The van der Waals surface area contributed by atoms with E-state index in [0.29, 0.717) is 5.75 Å². The molecule has 2 aromatic rings. The predicted molar refractivity (Wildman–Crippen MR) is 118 cm³/mol. The summed E-state index contributed by atoms with van der Waals surface area (Å²) in [6.07, 6.45) is 1.78. The molecule has 0 fully saturated rings. The van der Waals surface area contributed by atoms with Crippen molar-refractivity contribution in [2.24, 2.45) is 5.92 Å². The van der Waals surface area contributed by atoms with Crippen LogP contribution in [0.15, 0.2) is 54.6 Å².